The van der Waals surface area contributed by atoms with Gasteiger partial charge in [0, 0.05) is 25.8 Å². The van der Waals surface area contributed by atoms with E-state index >= 15 is 0 Å². The van der Waals surface area contributed by atoms with E-state index in [1.165, 1.54) is 16.9 Å². The van der Waals surface area contributed by atoms with E-state index in [4.69, 9.17) is 4.74 Å². The molecule has 144 valence electrons. The molecule has 0 radical (unpaired) electrons. The van der Waals surface area contributed by atoms with Gasteiger partial charge in [-0.15, -0.1) is 10.2 Å². The van der Waals surface area contributed by atoms with Crippen molar-refractivity contribution in [1.82, 2.24) is 29.9 Å². The molecule has 4 heterocycles. The van der Waals surface area contributed by atoms with Gasteiger partial charge in [0.15, 0.2) is 17.0 Å². The summed E-state index contributed by atoms with van der Waals surface area (Å²) in [5.74, 6) is -0.0816. The molecule has 0 saturated carbocycles. The molecule has 3 aromatic rings. The Bertz CT molecular complexity index is 923. The molecular formula is C15H16F3N7O2. The number of alkyl halides is 2. The fourth-order valence-electron chi connectivity index (χ4n) is 2.92. The van der Waals surface area contributed by atoms with Crippen molar-refractivity contribution in [2.75, 3.05) is 18.5 Å². The van der Waals surface area contributed by atoms with E-state index in [0.29, 0.717) is 31.3 Å². The highest BCUT2D eigenvalue weighted by Crippen LogP contribution is 2.23. The van der Waals surface area contributed by atoms with Crippen LogP contribution >= 0.6 is 0 Å². The fraction of sp³-hybridized carbons (Fsp3) is 0.467. The van der Waals surface area contributed by atoms with Crippen molar-refractivity contribution >= 4 is 22.8 Å². The Labute approximate surface area is 150 Å². The van der Waals surface area contributed by atoms with Crippen molar-refractivity contribution in [2.24, 2.45) is 5.92 Å². The van der Waals surface area contributed by atoms with Crippen molar-refractivity contribution in [3.63, 3.8) is 0 Å². The van der Waals surface area contributed by atoms with Crippen molar-refractivity contribution in [1.29, 1.82) is 0 Å². The minimum absolute atomic E-state index is 0.0685. The van der Waals surface area contributed by atoms with Crippen LogP contribution in [0, 0.1) is 11.9 Å². The lowest BCUT2D eigenvalue weighted by atomic mass is 10.0. The normalized spacial score (nSPS) is 15.6. The van der Waals surface area contributed by atoms with Crippen LogP contribution in [0.5, 0.6) is 5.88 Å². The maximum Gasteiger partial charge on any atom is 0.388 e. The number of ether oxygens (including phenoxy) is 2. The third-order valence-electron chi connectivity index (χ3n) is 4.20. The van der Waals surface area contributed by atoms with Gasteiger partial charge in [-0.3, -0.25) is 5.10 Å². The van der Waals surface area contributed by atoms with Crippen LogP contribution in [0.3, 0.4) is 0 Å². The quantitative estimate of drug-likeness (QED) is 0.674. The molecule has 1 aliphatic rings. The monoisotopic (exact) mass is 383 g/mol. The zero-order valence-electron chi connectivity index (χ0n) is 14.0. The molecule has 9 nitrogen and oxygen atoms in total. The molecule has 0 aliphatic carbocycles. The Kier molecular flexibility index (Phi) is 4.79. The summed E-state index contributed by atoms with van der Waals surface area (Å²) in [4.78, 5) is 8.40. The SMILES string of the molecule is Fc1nn(CC2CCOCC2)c2nc(Nc3cc(OC(F)F)n[nH]3)cnc12. The van der Waals surface area contributed by atoms with Gasteiger partial charge in [0.05, 0.1) is 6.20 Å². The van der Waals surface area contributed by atoms with Crippen molar-refractivity contribution in [2.45, 2.75) is 26.0 Å². The zero-order chi connectivity index (χ0) is 18.8. The average Bonchev–Trinajstić information content (AvgIpc) is 3.20. The van der Waals surface area contributed by atoms with Gasteiger partial charge in [0.2, 0.25) is 5.88 Å². The number of aromatic amines is 1. The molecule has 4 rings (SSSR count). The molecule has 3 aromatic heterocycles. The number of rotatable bonds is 6. The van der Waals surface area contributed by atoms with Crippen LogP contribution in [-0.2, 0) is 11.3 Å². The van der Waals surface area contributed by atoms with Gasteiger partial charge in [-0.25, -0.2) is 14.6 Å². The summed E-state index contributed by atoms with van der Waals surface area (Å²) in [6.45, 7) is -1.11. The molecule has 0 amide bonds. The van der Waals surface area contributed by atoms with Crippen LogP contribution in [0.15, 0.2) is 12.3 Å². The summed E-state index contributed by atoms with van der Waals surface area (Å²) >= 11 is 0. The Hall–Kier alpha value is -2.89. The van der Waals surface area contributed by atoms with E-state index in [0.717, 1.165) is 12.8 Å². The Morgan fingerprint density at radius 1 is 1.37 bits per heavy atom. The number of H-pyrrole nitrogens is 1. The summed E-state index contributed by atoms with van der Waals surface area (Å²) < 4.78 is 49.5. The smallest absolute Gasteiger partial charge is 0.388 e. The molecule has 0 unspecified atom stereocenters. The van der Waals surface area contributed by atoms with E-state index < -0.39 is 12.6 Å². The Balaban J connectivity index is 1.55. The second-order valence-electron chi connectivity index (χ2n) is 6.08. The number of halogens is 3. The van der Waals surface area contributed by atoms with Gasteiger partial charge in [-0.05, 0) is 18.8 Å². The topological polar surface area (TPSA) is 103 Å². The summed E-state index contributed by atoms with van der Waals surface area (Å²) in [6.07, 6.45) is 3.06. The van der Waals surface area contributed by atoms with Crippen LogP contribution in [0.4, 0.5) is 24.8 Å². The highest BCUT2D eigenvalue weighted by atomic mass is 19.3. The summed E-state index contributed by atoms with van der Waals surface area (Å²) in [6, 6.07) is 1.25. The lowest BCUT2D eigenvalue weighted by molar-refractivity contribution is -0.0528. The molecule has 12 heteroatoms. The largest absolute Gasteiger partial charge is 0.415 e. The number of hydrogen-bond acceptors (Lipinski definition) is 7. The molecule has 2 N–H and O–H groups in total. The van der Waals surface area contributed by atoms with Gasteiger partial charge in [0.25, 0.3) is 5.95 Å². The third kappa shape index (κ3) is 3.94. The Morgan fingerprint density at radius 2 is 2.19 bits per heavy atom. The van der Waals surface area contributed by atoms with Gasteiger partial charge in [0.1, 0.15) is 5.82 Å². The number of hydrogen-bond donors (Lipinski definition) is 2. The highest BCUT2D eigenvalue weighted by molar-refractivity contribution is 5.72. The van der Waals surface area contributed by atoms with Crippen LogP contribution in [0.25, 0.3) is 11.2 Å². The zero-order valence-corrected chi connectivity index (χ0v) is 14.0. The third-order valence-corrected chi connectivity index (χ3v) is 4.20. The minimum Gasteiger partial charge on any atom is -0.415 e. The van der Waals surface area contributed by atoms with Crippen LogP contribution in [0.1, 0.15) is 12.8 Å². The maximum absolute atomic E-state index is 14.1. The van der Waals surface area contributed by atoms with Crippen molar-refractivity contribution < 1.29 is 22.6 Å². The fourth-order valence-corrected chi connectivity index (χ4v) is 2.92. The average molecular weight is 383 g/mol. The maximum atomic E-state index is 14.1. The highest BCUT2D eigenvalue weighted by Gasteiger charge is 2.20. The molecule has 0 bridgehead atoms. The lowest BCUT2D eigenvalue weighted by Gasteiger charge is -2.21. The minimum atomic E-state index is -2.97. The van der Waals surface area contributed by atoms with E-state index in [1.54, 1.807) is 0 Å². The van der Waals surface area contributed by atoms with Gasteiger partial charge >= 0.3 is 6.61 Å². The Morgan fingerprint density at radius 3 is 2.96 bits per heavy atom. The molecule has 0 spiro atoms. The molecule has 0 aromatic carbocycles. The number of nitrogens with zero attached hydrogens (tertiary/aromatic N) is 5. The van der Waals surface area contributed by atoms with Crippen LogP contribution in [-0.4, -0.2) is 49.8 Å². The van der Waals surface area contributed by atoms with E-state index in [-0.39, 0.29) is 23.0 Å². The molecule has 0 atom stereocenters. The first-order chi connectivity index (χ1) is 13.1. The molecular weight excluding hydrogens is 367 g/mol. The van der Waals surface area contributed by atoms with Crippen LogP contribution in [0.2, 0.25) is 0 Å². The first-order valence-electron chi connectivity index (χ1n) is 8.32. The molecule has 27 heavy (non-hydrogen) atoms. The van der Waals surface area contributed by atoms with E-state index in [9.17, 15) is 13.2 Å². The van der Waals surface area contributed by atoms with E-state index in [2.05, 4.69) is 35.3 Å². The van der Waals surface area contributed by atoms with Gasteiger partial charge < -0.3 is 14.8 Å². The van der Waals surface area contributed by atoms with Gasteiger partial charge in [-0.2, -0.15) is 13.2 Å². The van der Waals surface area contributed by atoms with Crippen LogP contribution < -0.4 is 10.1 Å². The molecule has 1 saturated heterocycles. The summed E-state index contributed by atoms with van der Waals surface area (Å²) in [7, 11) is 0. The summed E-state index contributed by atoms with van der Waals surface area (Å²) in [5, 5.41) is 12.8. The first kappa shape index (κ1) is 17.5. The second-order valence-corrected chi connectivity index (χ2v) is 6.08. The number of fused-ring (bicyclic) bond motifs is 1. The van der Waals surface area contributed by atoms with E-state index in [1.807, 2.05) is 0 Å². The number of aromatic nitrogens is 6. The van der Waals surface area contributed by atoms with Crippen molar-refractivity contribution in [3.8, 4) is 5.88 Å². The number of nitrogens with one attached hydrogen (secondary N) is 2. The lowest BCUT2D eigenvalue weighted by Crippen LogP contribution is -2.21. The predicted molar refractivity (Wildman–Crippen MR) is 87.3 cm³/mol. The molecule has 1 fully saturated rings. The van der Waals surface area contributed by atoms with Crippen molar-refractivity contribution in [3.05, 3.63) is 18.2 Å². The first-order valence-corrected chi connectivity index (χ1v) is 8.32. The predicted octanol–water partition coefficient (Wildman–Crippen LogP) is 2.46. The standard InChI is InChI=1S/C15H16F3N7O2/c16-13-12-14(25(24-13)7-8-1-3-26-4-2-8)21-10(6-19-12)20-9-5-11(23-22-9)27-15(17)18/h5-6,8,15H,1-4,7H2,(H2,20,21,22,23). The molecule has 1 aliphatic heterocycles. The number of anilines is 2. The van der Waals surface area contributed by atoms with Gasteiger partial charge in [-0.1, -0.05) is 0 Å². The summed E-state index contributed by atoms with van der Waals surface area (Å²) in [5.41, 5.74) is 0.367. The second kappa shape index (κ2) is 7.39.